The molecule has 3 aromatic rings. The lowest BCUT2D eigenvalue weighted by Crippen LogP contribution is -2.50. The maximum Gasteiger partial charge on any atom is 0.329 e. The van der Waals surface area contributed by atoms with Gasteiger partial charge >= 0.3 is 12.0 Å². The fourth-order valence-corrected chi connectivity index (χ4v) is 4.85. The summed E-state index contributed by atoms with van der Waals surface area (Å²) >= 11 is 1.41. The van der Waals surface area contributed by atoms with Crippen LogP contribution in [0.5, 0.6) is 0 Å². The Kier molecular flexibility index (Phi) is 11.5. The van der Waals surface area contributed by atoms with Gasteiger partial charge in [-0.2, -0.15) is 0 Å². The predicted octanol–water partition coefficient (Wildman–Crippen LogP) is 4.77. The molecule has 0 saturated heterocycles. The van der Waals surface area contributed by atoms with Crippen LogP contribution in [0.2, 0.25) is 0 Å². The van der Waals surface area contributed by atoms with Crippen LogP contribution in [-0.4, -0.2) is 65.3 Å². The smallest absolute Gasteiger partial charge is 0.329 e. The number of anilines is 3. The van der Waals surface area contributed by atoms with Gasteiger partial charge in [0, 0.05) is 26.3 Å². The fraction of sp³-hybridized carbons (Fsp3) is 0.367. The predicted molar refractivity (Wildman–Crippen MR) is 163 cm³/mol. The molecule has 2 aromatic carbocycles. The van der Waals surface area contributed by atoms with Crippen molar-refractivity contribution >= 4 is 47.5 Å². The minimum absolute atomic E-state index is 0.0436. The molecule has 0 aliphatic rings. The van der Waals surface area contributed by atoms with Crippen LogP contribution in [0.25, 0.3) is 0 Å². The molecular weight excluding hydrogens is 540 g/mol. The highest BCUT2D eigenvalue weighted by atomic mass is 32.2. The fourth-order valence-electron chi connectivity index (χ4n) is 4.15. The molecule has 0 saturated carbocycles. The number of rotatable bonds is 13. The normalized spacial score (nSPS) is 11.6. The molecule has 0 aliphatic carbocycles. The topological polar surface area (TPSA) is 122 Å². The van der Waals surface area contributed by atoms with E-state index in [0.717, 1.165) is 23.3 Å². The number of likely N-dealkylation sites (N-methyl/N-ethyl adjacent to an activating group) is 1. The third-order valence-corrected chi connectivity index (χ3v) is 7.24. The van der Waals surface area contributed by atoms with Gasteiger partial charge in [-0.05, 0) is 31.4 Å². The molecule has 1 atom stereocenters. The first-order valence-corrected chi connectivity index (χ1v) is 14.5. The molecule has 1 heterocycles. The van der Waals surface area contributed by atoms with Crippen molar-refractivity contribution in [3.8, 4) is 0 Å². The van der Waals surface area contributed by atoms with Crippen LogP contribution >= 0.6 is 11.8 Å². The summed E-state index contributed by atoms with van der Waals surface area (Å²) in [7, 11) is 3.06. The van der Waals surface area contributed by atoms with Crippen molar-refractivity contribution in [1.82, 2.24) is 14.9 Å². The van der Waals surface area contributed by atoms with E-state index in [1.165, 1.54) is 40.6 Å². The van der Waals surface area contributed by atoms with Crippen molar-refractivity contribution in [2.24, 2.45) is 0 Å². The highest BCUT2D eigenvalue weighted by Crippen LogP contribution is 2.35. The lowest BCUT2D eigenvalue weighted by molar-refractivity contribution is -0.152. The number of nitrogens with zero attached hydrogens (tertiary/aromatic N) is 5. The molecule has 0 radical (unpaired) electrons. The van der Waals surface area contributed by atoms with Crippen molar-refractivity contribution in [3.63, 3.8) is 0 Å². The van der Waals surface area contributed by atoms with Crippen LogP contribution in [0.1, 0.15) is 38.3 Å². The van der Waals surface area contributed by atoms with E-state index in [1.807, 2.05) is 67.6 Å². The van der Waals surface area contributed by atoms with Crippen molar-refractivity contribution in [1.29, 1.82) is 0 Å². The summed E-state index contributed by atoms with van der Waals surface area (Å²) in [6.45, 7) is 5.77. The Hall–Kier alpha value is -4.12. The Morgan fingerprint density at radius 1 is 1.00 bits per heavy atom. The highest BCUT2D eigenvalue weighted by molar-refractivity contribution is 7.99. The molecule has 11 heteroatoms. The molecule has 0 aliphatic heterocycles. The van der Waals surface area contributed by atoms with Crippen molar-refractivity contribution in [2.45, 2.75) is 57.5 Å². The van der Waals surface area contributed by atoms with Crippen molar-refractivity contribution in [2.75, 3.05) is 35.4 Å². The van der Waals surface area contributed by atoms with E-state index < -0.39 is 18.0 Å². The van der Waals surface area contributed by atoms with E-state index in [-0.39, 0.29) is 36.4 Å². The van der Waals surface area contributed by atoms with Gasteiger partial charge in [-0.1, -0.05) is 79.3 Å². The van der Waals surface area contributed by atoms with E-state index in [2.05, 4.69) is 9.97 Å². The Balaban J connectivity index is 2.01. The van der Waals surface area contributed by atoms with Gasteiger partial charge in [0.1, 0.15) is 11.7 Å². The third kappa shape index (κ3) is 8.43. The lowest BCUT2D eigenvalue weighted by atomic mass is 10.1. The maximum absolute atomic E-state index is 13.9. The zero-order valence-corrected chi connectivity index (χ0v) is 25.0. The maximum atomic E-state index is 13.9. The molecule has 41 heavy (non-hydrogen) atoms. The molecule has 3 rings (SSSR count). The Morgan fingerprint density at radius 3 is 2.17 bits per heavy atom. The van der Waals surface area contributed by atoms with Crippen molar-refractivity contribution < 1.29 is 19.1 Å². The number of nitrogens with two attached hydrogens (primary N) is 1. The molecule has 1 aromatic heterocycles. The molecule has 10 nitrogen and oxygen atoms in total. The first-order chi connectivity index (χ1) is 19.7. The largest absolute Gasteiger partial charge is 0.461 e. The van der Waals surface area contributed by atoms with Crippen LogP contribution in [0.3, 0.4) is 0 Å². The van der Waals surface area contributed by atoms with Gasteiger partial charge in [-0.3, -0.25) is 14.6 Å². The average molecular weight is 579 g/mol. The monoisotopic (exact) mass is 578 g/mol. The number of ether oxygens (including phenoxy) is 1. The number of esters is 1. The quantitative estimate of drug-likeness (QED) is 0.133. The SMILES string of the molecule is CCCSc1nc(N)c(N(C)C(=O)N(C)C(Cc2ccccc2)C(=O)OC(C)C)c(N(C=O)Cc2ccccc2)n1. The van der Waals surface area contributed by atoms with Crippen LogP contribution < -0.4 is 15.5 Å². The van der Waals surface area contributed by atoms with Crippen LogP contribution in [0, 0.1) is 0 Å². The van der Waals surface area contributed by atoms with Crippen molar-refractivity contribution in [3.05, 3.63) is 71.8 Å². The summed E-state index contributed by atoms with van der Waals surface area (Å²) in [6.07, 6.45) is 1.45. The van der Waals surface area contributed by atoms with Gasteiger partial charge in [0.05, 0.1) is 12.6 Å². The number of urea groups is 1. The second-order valence-electron chi connectivity index (χ2n) is 9.77. The number of aromatic nitrogens is 2. The first kappa shape index (κ1) is 31.4. The first-order valence-electron chi connectivity index (χ1n) is 13.5. The summed E-state index contributed by atoms with van der Waals surface area (Å²) in [5.41, 5.74) is 8.34. The molecular formula is C30H38N6O4S. The summed E-state index contributed by atoms with van der Waals surface area (Å²) in [5.74, 6) is 0.474. The van der Waals surface area contributed by atoms with Crippen LogP contribution in [0.15, 0.2) is 65.8 Å². The zero-order chi connectivity index (χ0) is 29.9. The number of carbonyl (C=O) groups is 3. The van der Waals surface area contributed by atoms with Crippen LogP contribution in [0.4, 0.5) is 22.1 Å². The van der Waals surface area contributed by atoms with Gasteiger partial charge in [0.25, 0.3) is 0 Å². The van der Waals surface area contributed by atoms with Crippen LogP contribution in [-0.2, 0) is 27.3 Å². The van der Waals surface area contributed by atoms with E-state index in [9.17, 15) is 14.4 Å². The number of hydrogen-bond acceptors (Lipinski definition) is 8. The highest BCUT2D eigenvalue weighted by Gasteiger charge is 2.34. The molecule has 1 unspecified atom stereocenters. The Labute approximate surface area is 245 Å². The standard InChI is InChI=1S/C30H38N6O4S/c1-6-17-41-29-32-26(31)25(27(33-29)36(20-37)19-23-15-11-8-12-16-23)35(5)30(39)34(4)24(28(38)40-21(2)3)18-22-13-9-7-10-14-22/h7-16,20-21,24H,6,17-19H2,1-5H3,(H2,31,32,33). The van der Waals surface area contributed by atoms with Gasteiger partial charge in [-0.15, -0.1) is 0 Å². The zero-order valence-electron chi connectivity index (χ0n) is 24.2. The second kappa shape index (κ2) is 15.0. The van der Waals surface area contributed by atoms with E-state index in [1.54, 1.807) is 13.8 Å². The summed E-state index contributed by atoms with van der Waals surface area (Å²) in [4.78, 5) is 52.5. The lowest BCUT2D eigenvalue weighted by Gasteiger charge is -2.32. The molecule has 3 amide bonds. The number of thioether (sulfide) groups is 1. The van der Waals surface area contributed by atoms with Gasteiger partial charge in [-0.25, -0.2) is 19.6 Å². The minimum Gasteiger partial charge on any atom is -0.461 e. The molecule has 218 valence electrons. The Morgan fingerprint density at radius 2 is 1.61 bits per heavy atom. The number of nitrogen functional groups attached to an aromatic ring is 1. The third-order valence-electron chi connectivity index (χ3n) is 6.19. The number of carbonyl (C=O) groups excluding carboxylic acids is 3. The van der Waals surface area contributed by atoms with Gasteiger partial charge in [0.15, 0.2) is 16.8 Å². The summed E-state index contributed by atoms with van der Waals surface area (Å²) in [5, 5.41) is 0.402. The molecule has 0 spiro atoms. The number of hydrogen-bond donors (Lipinski definition) is 1. The number of amides is 3. The minimum atomic E-state index is -0.911. The number of benzene rings is 2. The molecule has 0 bridgehead atoms. The van der Waals surface area contributed by atoms with E-state index >= 15 is 0 Å². The Bertz CT molecular complexity index is 1310. The molecule has 2 N–H and O–H groups in total. The van der Waals surface area contributed by atoms with E-state index in [4.69, 9.17) is 10.5 Å². The van der Waals surface area contributed by atoms with Gasteiger partial charge < -0.3 is 15.4 Å². The van der Waals surface area contributed by atoms with E-state index in [0.29, 0.717) is 11.6 Å². The van der Waals surface area contributed by atoms with Gasteiger partial charge in [0.2, 0.25) is 6.41 Å². The molecule has 0 fully saturated rings. The second-order valence-corrected chi connectivity index (χ2v) is 10.8. The summed E-state index contributed by atoms with van der Waals surface area (Å²) in [6, 6.07) is 17.4. The summed E-state index contributed by atoms with van der Waals surface area (Å²) < 4.78 is 5.51. The average Bonchev–Trinajstić information content (AvgIpc) is 2.96.